The van der Waals surface area contributed by atoms with E-state index in [0.29, 0.717) is 14.9 Å². The Bertz CT molecular complexity index is 753. The molecule has 6 heteroatoms. The zero-order chi connectivity index (χ0) is 17.5. The van der Waals surface area contributed by atoms with Crippen LogP contribution in [0.25, 0.3) is 6.08 Å². The number of halogens is 1. The maximum atomic E-state index is 11.9. The van der Waals surface area contributed by atoms with Crippen molar-refractivity contribution in [3.63, 3.8) is 0 Å². The lowest BCUT2D eigenvalue weighted by Crippen LogP contribution is -2.13. The molecular formula is C18H15IO5. The molecule has 124 valence electrons. The molecule has 0 spiro atoms. The van der Waals surface area contributed by atoms with Crippen molar-refractivity contribution in [2.45, 2.75) is 0 Å². The van der Waals surface area contributed by atoms with E-state index >= 15 is 0 Å². The second-order valence-corrected chi connectivity index (χ2v) is 5.92. The van der Waals surface area contributed by atoms with E-state index in [1.165, 1.54) is 12.1 Å². The average molecular weight is 438 g/mol. The largest absolute Gasteiger partial charge is 0.489 e. The van der Waals surface area contributed by atoms with Gasteiger partial charge in [0.05, 0.1) is 14.7 Å². The minimum Gasteiger partial charge on any atom is -0.489 e. The van der Waals surface area contributed by atoms with Crippen molar-refractivity contribution in [1.29, 1.82) is 0 Å². The first-order chi connectivity index (χ1) is 11.5. The highest BCUT2D eigenvalue weighted by atomic mass is 127. The van der Waals surface area contributed by atoms with E-state index in [9.17, 15) is 9.59 Å². The van der Waals surface area contributed by atoms with Gasteiger partial charge in [0.15, 0.2) is 0 Å². The molecule has 24 heavy (non-hydrogen) atoms. The third-order valence-electron chi connectivity index (χ3n) is 3.13. The van der Waals surface area contributed by atoms with Crippen molar-refractivity contribution in [1.82, 2.24) is 0 Å². The van der Waals surface area contributed by atoms with E-state index in [-0.39, 0.29) is 18.8 Å². The molecule has 0 aliphatic rings. The maximum absolute atomic E-state index is 11.9. The van der Waals surface area contributed by atoms with Crippen LogP contribution in [0.2, 0.25) is 0 Å². The smallest absolute Gasteiger partial charge is 0.338 e. The number of carbonyl (C=O) groups excluding carboxylic acids is 1. The van der Waals surface area contributed by atoms with Crippen LogP contribution in [0.1, 0.15) is 26.3 Å². The summed E-state index contributed by atoms with van der Waals surface area (Å²) in [6.07, 6.45) is 1.69. The highest BCUT2D eigenvalue weighted by molar-refractivity contribution is 14.1. The van der Waals surface area contributed by atoms with Crippen LogP contribution in [0.4, 0.5) is 0 Å². The number of carboxylic acid groups (broad SMARTS) is 1. The summed E-state index contributed by atoms with van der Waals surface area (Å²) in [5.41, 5.74) is 1.58. The van der Waals surface area contributed by atoms with E-state index in [4.69, 9.17) is 14.6 Å². The normalized spacial score (nSPS) is 10.0. The Hall–Kier alpha value is -2.35. The number of carboxylic acids is 1. The first-order valence-electron chi connectivity index (χ1n) is 7.06. The number of benzene rings is 2. The van der Waals surface area contributed by atoms with E-state index in [0.717, 1.165) is 5.56 Å². The number of carbonyl (C=O) groups is 2. The van der Waals surface area contributed by atoms with Gasteiger partial charge in [-0.05, 0) is 58.5 Å². The fourth-order valence-corrected chi connectivity index (χ4v) is 2.55. The second-order valence-electron chi connectivity index (χ2n) is 4.76. The number of rotatable bonds is 7. The third kappa shape index (κ3) is 4.82. The summed E-state index contributed by atoms with van der Waals surface area (Å²) in [6, 6.07) is 11.5. The molecule has 0 saturated heterocycles. The van der Waals surface area contributed by atoms with Gasteiger partial charge < -0.3 is 14.6 Å². The van der Waals surface area contributed by atoms with Crippen molar-refractivity contribution >= 4 is 40.6 Å². The van der Waals surface area contributed by atoms with Crippen LogP contribution in [0.3, 0.4) is 0 Å². The van der Waals surface area contributed by atoms with E-state index in [1.54, 1.807) is 36.4 Å². The molecule has 0 bridgehead atoms. The quantitative estimate of drug-likeness (QED) is 0.404. The van der Waals surface area contributed by atoms with Crippen LogP contribution < -0.4 is 4.74 Å². The Labute approximate surface area is 153 Å². The van der Waals surface area contributed by atoms with Gasteiger partial charge in [-0.15, -0.1) is 0 Å². The first-order valence-corrected chi connectivity index (χ1v) is 8.14. The third-order valence-corrected chi connectivity index (χ3v) is 3.98. The van der Waals surface area contributed by atoms with Crippen molar-refractivity contribution < 1.29 is 24.2 Å². The topological polar surface area (TPSA) is 72.8 Å². The van der Waals surface area contributed by atoms with Gasteiger partial charge >= 0.3 is 11.9 Å². The molecular weight excluding hydrogens is 423 g/mol. The van der Waals surface area contributed by atoms with Crippen molar-refractivity contribution in [3.8, 4) is 5.75 Å². The van der Waals surface area contributed by atoms with E-state index in [1.807, 2.05) is 22.6 Å². The van der Waals surface area contributed by atoms with Gasteiger partial charge in [-0.3, -0.25) is 0 Å². The maximum Gasteiger partial charge on any atom is 0.338 e. The van der Waals surface area contributed by atoms with Crippen LogP contribution in [0.15, 0.2) is 49.0 Å². The minimum atomic E-state index is -0.990. The van der Waals surface area contributed by atoms with E-state index < -0.39 is 11.9 Å². The molecule has 0 atom stereocenters. The number of aromatic carboxylic acids is 1. The van der Waals surface area contributed by atoms with Crippen molar-refractivity contribution in [2.24, 2.45) is 0 Å². The number of hydrogen-bond acceptors (Lipinski definition) is 4. The Morgan fingerprint density at radius 3 is 2.33 bits per heavy atom. The Morgan fingerprint density at radius 2 is 1.75 bits per heavy atom. The lowest BCUT2D eigenvalue weighted by molar-refractivity contribution is 0.0449. The summed E-state index contributed by atoms with van der Waals surface area (Å²) < 4.78 is 11.3. The molecule has 0 heterocycles. The zero-order valence-electron chi connectivity index (χ0n) is 12.7. The molecule has 2 rings (SSSR count). The van der Waals surface area contributed by atoms with Gasteiger partial charge in [-0.2, -0.15) is 0 Å². The Kier molecular flexibility index (Phi) is 6.36. The zero-order valence-corrected chi connectivity index (χ0v) is 14.9. The average Bonchev–Trinajstić information content (AvgIpc) is 2.59. The van der Waals surface area contributed by atoms with E-state index in [2.05, 4.69) is 6.58 Å². The molecule has 5 nitrogen and oxygen atoms in total. The van der Waals surface area contributed by atoms with Crippen LogP contribution in [-0.4, -0.2) is 30.3 Å². The van der Waals surface area contributed by atoms with Gasteiger partial charge in [0.25, 0.3) is 0 Å². The standard InChI is InChI=1S/C18H15IO5/c1-2-12-3-5-13(6-4-12)18(22)24-10-9-23-16-8-7-14(17(20)21)11-15(16)19/h2-8,11H,1,9-10H2,(H,20,21). The van der Waals surface area contributed by atoms with Gasteiger partial charge in [-0.25, -0.2) is 9.59 Å². The van der Waals surface area contributed by atoms with Crippen LogP contribution in [0.5, 0.6) is 5.75 Å². The summed E-state index contributed by atoms with van der Waals surface area (Å²) in [5, 5.41) is 8.91. The molecule has 2 aromatic rings. The molecule has 0 aliphatic carbocycles. The van der Waals surface area contributed by atoms with Gasteiger partial charge in [0.1, 0.15) is 19.0 Å². The highest BCUT2D eigenvalue weighted by Gasteiger charge is 2.09. The first kappa shape index (κ1) is 18.0. The summed E-state index contributed by atoms with van der Waals surface area (Å²) in [7, 11) is 0. The predicted octanol–water partition coefficient (Wildman–Crippen LogP) is 3.87. The number of ether oxygens (including phenoxy) is 2. The predicted molar refractivity (Wildman–Crippen MR) is 98.4 cm³/mol. The molecule has 2 aromatic carbocycles. The summed E-state index contributed by atoms with van der Waals surface area (Å²) >= 11 is 2.00. The molecule has 0 amide bonds. The Balaban J connectivity index is 1.83. The monoisotopic (exact) mass is 438 g/mol. The van der Waals surface area contributed by atoms with Crippen LogP contribution in [0, 0.1) is 3.57 Å². The summed E-state index contributed by atoms with van der Waals surface area (Å²) in [5.74, 6) is -0.868. The van der Waals surface area contributed by atoms with Crippen molar-refractivity contribution in [2.75, 3.05) is 13.2 Å². The Morgan fingerprint density at radius 1 is 1.08 bits per heavy atom. The molecule has 0 saturated carbocycles. The lowest BCUT2D eigenvalue weighted by atomic mass is 10.1. The van der Waals surface area contributed by atoms with Gasteiger partial charge in [0.2, 0.25) is 0 Å². The second kappa shape index (κ2) is 8.49. The highest BCUT2D eigenvalue weighted by Crippen LogP contribution is 2.22. The van der Waals surface area contributed by atoms with Crippen LogP contribution >= 0.6 is 22.6 Å². The fourth-order valence-electron chi connectivity index (χ4n) is 1.88. The minimum absolute atomic E-state index is 0.0960. The molecule has 0 aliphatic heterocycles. The lowest BCUT2D eigenvalue weighted by Gasteiger charge is -2.09. The van der Waals surface area contributed by atoms with Crippen molar-refractivity contribution in [3.05, 3.63) is 69.3 Å². The number of esters is 1. The summed E-state index contributed by atoms with van der Waals surface area (Å²) in [6.45, 7) is 3.93. The molecule has 0 fully saturated rings. The number of hydrogen-bond donors (Lipinski definition) is 1. The molecule has 0 unspecified atom stereocenters. The summed E-state index contributed by atoms with van der Waals surface area (Å²) in [4.78, 5) is 22.7. The fraction of sp³-hybridized carbons (Fsp3) is 0.111. The molecule has 0 radical (unpaired) electrons. The van der Waals surface area contributed by atoms with Gasteiger partial charge in [-0.1, -0.05) is 24.8 Å². The SMILES string of the molecule is C=Cc1ccc(C(=O)OCCOc2ccc(C(=O)O)cc2I)cc1. The van der Waals surface area contributed by atoms with Crippen LogP contribution in [-0.2, 0) is 4.74 Å². The van der Waals surface area contributed by atoms with Gasteiger partial charge in [0, 0.05) is 0 Å². The molecule has 1 N–H and O–H groups in total. The molecule has 0 aromatic heterocycles.